The average Bonchev–Trinajstić information content (AvgIpc) is 3.35. The van der Waals surface area contributed by atoms with E-state index >= 15 is 0 Å². The molecule has 1 aromatic carbocycles. The number of carbonyl (C=O) groups is 3. The van der Waals surface area contributed by atoms with E-state index in [0.29, 0.717) is 31.0 Å². The van der Waals surface area contributed by atoms with E-state index in [1.165, 1.54) is 11.8 Å². The molecule has 3 heterocycles. The van der Waals surface area contributed by atoms with Gasteiger partial charge in [-0.15, -0.1) is 0 Å². The molecule has 8 heteroatoms. The van der Waals surface area contributed by atoms with Crippen molar-refractivity contribution < 1.29 is 19.1 Å². The van der Waals surface area contributed by atoms with E-state index in [0.717, 1.165) is 38.1 Å². The number of nitrogens with one attached hydrogen (secondary N) is 1. The molecule has 0 aromatic heterocycles. The van der Waals surface area contributed by atoms with Crippen molar-refractivity contribution in [2.24, 2.45) is 5.41 Å². The summed E-state index contributed by atoms with van der Waals surface area (Å²) in [5, 5.41) is 2.63. The molecular weight excluding hydrogens is 390 g/mol. The van der Waals surface area contributed by atoms with Crippen LogP contribution in [0.15, 0.2) is 24.3 Å². The highest BCUT2D eigenvalue weighted by Gasteiger charge is 2.44. The number of likely N-dealkylation sites (tertiary alicyclic amines) is 2. The first-order chi connectivity index (χ1) is 14.0. The first-order valence-electron chi connectivity index (χ1n) is 10.2. The zero-order chi connectivity index (χ0) is 20.4. The summed E-state index contributed by atoms with van der Waals surface area (Å²) in [7, 11) is 0. The van der Waals surface area contributed by atoms with Crippen LogP contribution in [0.25, 0.3) is 0 Å². The van der Waals surface area contributed by atoms with E-state index in [-0.39, 0.29) is 28.5 Å². The Morgan fingerprint density at radius 3 is 2.38 bits per heavy atom. The molecule has 3 aliphatic heterocycles. The molecule has 0 radical (unpaired) electrons. The molecule has 0 bridgehead atoms. The van der Waals surface area contributed by atoms with Gasteiger partial charge < -0.3 is 19.9 Å². The number of hydrogen-bond donors (Lipinski definition) is 1. The minimum Gasteiger partial charge on any atom is -0.494 e. The molecule has 156 valence electrons. The van der Waals surface area contributed by atoms with Gasteiger partial charge in [0.05, 0.1) is 6.61 Å². The molecule has 29 heavy (non-hydrogen) atoms. The van der Waals surface area contributed by atoms with Crippen LogP contribution in [0, 0.1) is 5.41 Å². The number of ether oxygens (including phenoxy) is 1. The normalized spacial score (nSPS) is 23.3. The van der Waals surface area contributed by atoms with Gasteiger partial charge >= 0.3 is 0 Å². The fourth-order valence-corrected chi connectivity index (χ4v) is 5.27. The van der Waals surface area contributed by atoms with E-state index in [2.05, 4.69) is 5.32 Å². The Hall–Kier alpha value is -2.22. The van der Waals surface area contributed by atoms with Crippen LogP contribution in [-0.2, 0) is 4.79 Å². The Balaban J connectivity index is 1.31. The van der Waals surface area contributed by atoms with Gasteiger partial charge in [0.2, 0.25) is 5.91 Å². The van der Waals surface area contributed by atoms with Gasteiger partial charge in [0.25, 0.3) is 11.1 Å². The number of carbonyl (C=O) groups excluding carboxylic acids is 3. The zero-order valence-electron chi connectivity index (χ0n) is 16.7. The highest BCUT2D eigenvalue weighted by Crippen LogP contribution is 2.41. The van der Waals surface area contributed by atoms with Crippen molar-refractivity contribution in [3.63, 3.8) is 0 Å². The number of thioether (sulfide) groups is 1. The molecule has 1 N–H and O–H groups in total. The van der Waals surface area contributed by atoms with E-state index in [1.54, 1.807) is 0 Å². The third kappa shape index (κ3) is 4.22. The van der Waals surface area contributed by atoms with E-state index in [9.17, 15) is 14.4 Å². The van der Waals surface area contributed by atoms with Crippen LogP contribution in [0.1, 0.15) is 36.5 Å². The second kappa shape index (κ2) is 8.26. The van der Waals surface area contributed by atoms with Crippen LogP contribution in [-0.4, -0.2) is 71.4 Å². The maximum absolute atomic E-state index is 12.8. The van der Waals surface area contributed by atoms with Crippen LogP contribution in [0.4, 0.5) is 4.79 Å². The molecular formula is C21H27N3O4S. The van der Waals surface area contributed by atoms with Crippen molar-refractivity contribution in [1.29, 1.82) is 0 Å². The average molecular weight is 418 g/mol. The summed E-state index contributed by atoms with van der Waals surface area (Å²) in [6.45, 7) is 5.43. The third-order valence-corrected chi connectivity index (χ3v) is 7.12. The van der Waals surface area contributed by atoms with Gasteiger partial charge in [0, 0.05) is 37.5 Å². The van der Waals surface area contributed by atoms with E-state index in [4.69, 9.17) is 4.74 Å². The second-order valence-corrected chi connectivity index (χ2v) is 9.05. The number of rotatable bonds is 4. The van der Waals surface area contributed by atoms with Crippen molar-refractivity contribution >= 4 is 28.8 Å². The largest absolute Gasteiger partial charge is 0.494 e. The molecule has 7 nitrogen and oxygen atoms in total. The molecule has 4 rings (SSSR count). The van der Waals surface area contributed by atoms with Crippen molar-refractivity contribution in [1.82, 2.24) is 15.1 Å². The number of hydrogen-bond acceptors (Lipinski definition) is 5. The number of nitrogens with zero attached hydrogens (tertiary/aromatic N) is 2. The van der Waals surface area contributed by atoms with Crippen molar-refractivity contribution in [3.05, 3.63) is 29.8 Å². The first kappa shape index (κ1) is 20.1. The first-order valence-corrected chi connectivity index (χ1v) is 11.2. The summed E-state index contributed by atoms with van der Waals surface area (Å²) in [4.78, 5) is 40.7. The van der Waals surface area contributed by atoms with Gasteiger partial charge in [-0.3, -0.25) is 14.4 Å². The van der Waals surface area contributed by atoms with Gasteiger partial charge in [0.15, 0.2) is 0 Å². The van der Waals surface area contributed by atoms with Gasteiger partial charge in [-0.2, -0.15) is 0 Å². The Kier molecular flexibility index (Phi) is 5.72. The van der Waals surface area contributed by atoms with Gasteiger partial charge in [-0.05, 0) is 55.9 Å². The quantitative estimate of drug-likeness (QED) is 0.814. The highest BCUT2D eigenvalue weighted by molar-refractivity contribution is 8.14. The Morgan fingerprint density at radius 2 is 1.79 bits per heavy atom. The van der Waals surface area contributed by atoms with Crippen molar-refractivity contribution in [3.8, 4) is 5.75 Å². The predicted molar refractivity (Wildman–Crippen MR) is 111 cm³/mol. The van der Waals surface area contributed by atoms with Gasteiger partial charge in [-0.1, -0.05) is 11.8 Å². The molecule has 3 amide bonds. The van der Waals surface area contributed by atoms with Crippen LogP contribution in [0.2, 0.25) is 0 Å². The number of benzene rings is 1. The molecule has 3 fully saturated rings. The summed E-state index contributed by atoms with van der Waals surface area (Å²) in [5.41, 5.74) is 0.781. The molecule has 1 spiro atoms. The van der Waals surface area contributed by atoms with Gasteiger partial charge in [-0.25, -0.2) is 0 Å². The van der Waals surface area contributed by atoms with Crippen LogP contribution in [0.3, 0.4) is 0 Å². The summed E-state index contributed by atoms with van der Waals surface area (Å²) < 4.78 is 5.44. The second-order valence-electron chi connectivity index (χ2n) is 8.05. The molecule has 1 aromatic rings. The zero-order valence-corrected chi connectivity index (χ0v) is 17.5. The van der Waals surface area contributed by atoms with Crippen LogP contribution >= 0.6 is 11.8 Å². The fourth-order valence-electron chi connectivity index (χ4n) is 4.50. The number of amides is 3. The predicted octanol–water partition coefficient (Wildman–Crippen LogP) is 2.37. The fraction of sp³-hybridized carbons (Fsp3) is 0.571. The van der Waals surface area contributed by atoms with E-state index in [1.807, 2.05) is 41.0 Å². The van der Waals surface area contributed by atoms with Crippen molar-refractivity contribution in [2.45, 2.75) is 32.2 Å². The van der Waals surface area contributed by atoms with E-state index < -0.39 is 0 Å². The summed E-state index contributed by atoms with van der Waals surface area (Å²) in [6, 6.07) is 6.93. The minimum atomic E-state index is -0.385. The van der Waals surface area contributed by atoms with Crippen LogP contribution in [0.5, 0.6) is 5.75 Å². The summed E-state index contributed by atoms with van der Waals surface area (Å²) in [5.74, 6) is 1.38. The molecule has 3 saturated heterocycles. The minimum absolute atomic E-state index is 0.0353. The van der Waals surface area contributed by atoms with Gasteiger partial charge in [0.1, 0.15) is 11.8 Å². The summed E-state index contributed by atoms with van der Waals surface area (Å²) >= 11 is 1.17. The molecule has 1 atom stereocenters. The maximum Gasteiger partial charge on any atom is 0.279 e. The standard InChI is InChI=1S/C21H27N3O4S/c1-2-28-16-5-3-15(4-6-16)18(25)23-10-7-21(8-11-23)9-12-24(14-21)19(26)17-13-29-20(27)22-17/h3-6,17H,2,7-14H2,1H3,(H,22,27)/t17-/m0/s1. The molecule has 0 saturated carbocycles. The Bertz CT molecular complexity index is 790. The lowest BCUT2D eigenvalue weighted by Crippen LogP contribution is -2.47. The third-order valence-electron chi connectivity index (χ3n) is 6.24. The monoisotopic (exact) mass is 417 g/mol. The lowest BCUT2D eigenvalue weighted by molar-refractivity contribution is -0.132. The SMILES string of the molecule is CCOc1ccc(C(=O)N2CCC3(CC2)CCN(C(=O)[C@@H]2CSC(=O)N2)C3)cc1. The smallest absolute Gasteiger partial charge is 0.279 e. The number of piperidine rings is 1. The maximum atomic E-state index is 12.8. The molecule has 3 aliphatic rings. The Labute approximate surface area is 175 Å². The molecule has 0 aliphatic carbocycles. The van der Waals surface area contributed by atoms with Crippen LogP contribution < -0.4 is 10.1 Å². The topological polar surface area (TPSA) is 79.0 Å². The lowest BCUT2D eigenvalue weighted by atomic mass is 9.77. The Morgan fingerprint density at radius 1 is 1.14 bits per heavy atom. The summed E-state index contributed by atoms with van der Waals surface area (Å²) in [6.07, 6.45) is 2.79. The lowest BCUT2D eigenvalue weighted by Gasteiger charge is -2.39. The highest BCUT2D eigenvalue weighted by atomic mass is 32.2. The molecule has 0 unspecified atom stereocenters. The van der Waals surface area contributed by atoms with Crippen molar-refractivity contribution in [2.75, 3.05) is 38.5 Å².